The van der Waals surface area contributed by atoms with E-state index < -0.39 is 0 Å². The number of nitrogens with one attached hydrogen (secondary N) is 1. The zero-order valence-electron chi connectivity index (χ0n) is 11.4. The summed E-state index contributed by atoms with van der Waals surface area (Å²) in [5.41, 5.74) is 4.27. The van der Waals surface area contributed by atoms with Gasteiger partial charge >= 0.3 is 0 Å². The molecule has 2 aromatic carbocycles. The SMILES string of the molecule is Cc1ccc(-c2nc(=S)c(Br)c(-c3ccccc3)[nH]2)cc1. The van der Waals surface area contributed by atoms with E-state index in [4.69, 9.17) is 12.2 Å². The first kappa shape index (κ1) is 14.2. The molecule has 0 spiro atoms. The van der Waals surface area contributed by atoms with E-state index in [1.807, 2.05) is 42.5 Å². The second-order valence-corrected chi connectivity index (χ2v) is 5.99. The van der Waals surface area contributed by atoms with E-state index >= 15 is 0 Å². The van der Waals surface area contributed by atoms with Crippen molar-refractivity contribution in [3.63, 3.8) is 0 Å². The lowest BCUT2D eigenvalue weighted by atomic mass is 10.1. The highest BCUT2D eigenvalue weighted by Gasteiger charge is 2.09. The maximum absolute atomic E-state index is 5.38. The van der Waals surface area contributed by atoms with Gasteiger partial charge in [-0.15, -0.1) is 0 Å². The van der Waals surface area contributed by atoms with E-state index in [1.54, 1.807) is 0 Å². The molecule has 4 heteroatoms. The fraction of sp³-hybridized carbons (Fsp3) is 0.0588. The van der Waals surface area contributed by atoms with Crippen molar-refractivity contribution in [2.45, 2.75) is 6.92 Å². The van der Waals surface area contributed by atoms with Gasteiger partial charge in [-0.3, -0.25) is 0 Å². The number of rotatable bonds is 2. The summed E-state index contributed by atoms with van der Waals surface area (Å²) in [5.74, 6) is 0.780. The lowest BCUT2D eigenvalue weighted by Crippen LogP contribution is -1.95. The molecular formula is C17H13BrN2S. The smallest absolute Gasteiger partial charge is 0.144 e. The summed E-state index contributed by atoms with van der Waals surface area (Å²) in [6.45, 7) is 2.07. The van der Waals surface area contributed by atoms with Gasteiger partial charge in [0, 0.05) is 5.56 Å². The molecule has 0 fully saturated rings. The molecule has 0 atom stereocenters. The quantitative estimate of drug-likeness (QED) is 0.610. The minimum absolute atomic E-state index is 0.558. The Balaban J connectivity index is 2.19. The third-order valence-corrected chi connectivity index (χ3v) is 4.58. The van der Waals surface area contributed by atoms with Crippen LogP contribution in [0.4, 0.5) is 0 Å². The van der Waals surface area contributed by atoms with Crippen LogP contribution in [0.5, 0.6) is 0 Å². The van der Waals surface area contributed by atoms with E-state index in [1.165, 1.54) is 5.56 Å². The van der Waals surface area contributed by atoms with Gasteiger partial charge in [0.2, 0.25) is 0 Å². The van der Waals surface area contributed by atoms with Gasteiger partial charge in [-0.2, -0.15) is 0 Å². The van der Waals surface area contributed by atoms with Crippen LogP contribution >= 0.6 is 28.1 Å². The molecule has 0 aliphatic heterocycles. The van der Waals surface area contributed by atoms with Crippen molar-refractivity contribution in [3.8, 4) is 22.6 Å². The predicted octanol–water partition coefficient (Wildman–Crippen LogP) is 5.54. The first-order chi connectivity index (χ1) is 10.1. The molecule has 0 saturated carbocycles. The van der Waals surface area contributed by atoms with Crippen LogP contribution in [-0.2, 0) is 0 Å². The Morgan fingerprint density at radius 2 is 1.62 bits per heavy atom. The summed E-state index contributed by atoms with van der Waals surface area (Å²) in [6.07, 6.45) is 0. The zero-order chi connectivity index (χ0) is 14.8. The minimum atomic E-state index is 0.558. The fourth-order valence-corrected chi connectivity index (χ4v) is 2.72. The molecule has 3 aromatic rings. The Morgan fingerprint density at radius 1 is 0.952 bits per heavy atom. The first-order valence-corrected chi connectivity index (χ1v) is 7.77. The van der Waals surface area contributed by atoms with Gasteiger partial charge in [0.05, 0.1) is 10.2 Å². The summed E-state index contributed by atoms with van der Waals surface area (Å²) in [7, 11) is 0. The van der Waals surface area contributed by atoms with E-state index in [0.717, 1.165) is 27.1 Å². The van der Waals surface area contributed by atoms with Crippen molar-refractivity contribution in [1.29, 1.82) is 0 Å². The fourth-order valence-electron chi connectivity index (χ4n) is 2.11. The van der Waals surface area contributed by atoms with Crippen LogP contribution in [0.3, 0.4) is 0 Å². The average Bonchev–Trinajstić information content (AvgIpc) is 2.51. The summed E-state index contributed by atoms with van der Waals surface area (Å²) >= 11 is 8.91. The number of H-pyrrole nitrogens is 1. The second-order valence-electron chi connectivity index (χ2n) is 4.81. The number of aromatic nitrogens is 2. The molecule has 104 valence electrons. The molecule has 1 N–H and O–H groups in total. The largest absolute Gasteiger partial charge is 0.338 e. The van der Waals surface area contributed by atoms with Crippen molar-refractivity contribution in [2.75, 3.05) is 0 Å². The Kier molecular flexibility index (Phi) is 3.99. The summed E-state index contributed by atoms with van der Waals surface area (Å²) in [5, 5.41) is 0. The number of nitrogens with zero attached hydrogens (tertiary/aromatic N) is 1. The summed E-state index contributed by atoms with van der Waals surface area (Å²) in [4.78, 5) is 7.85. The summed E-state index contributed by atoms with van der Waals surface area (Å²) < 4.78 is 1.38. The van der Waals surface area contributed by atoms with Gasteiger partial charge < -0.3 is 4.98 Å². The topological polar surface area (TPSA) is 28.7 Å². The number of hydrogen-bond donors (Lipinski definition) is 1. The van der Waals surface area contributed by atoms with Crippen LogP contribution in [-0.4, -0.2) is 9.97 Å². The Morgan fingerprint density at radius 3 is 2.29 bits per heavy atom. The number of aryl methyl sites for hydroxylation is 1. The highest BCUT2D eigenvalue weighted by atomic mass is 79.9. The van der Waals surface area contributed by atoms with E-state index in [0.29, 0.717) is 4.64 Å². The highest BCUT2D eigenvalue weighted by molar-refractivity contribution is 9.10. The molecule has 21 heavy (non-hydrogen) atoms. The van der Waals surface area contributed by atoms with Crippen LogP contribution in [0.15, 0.2) is 59.1 Å². The highest BCUT2D eigenvalue weighted by Crippen LogP contribution is 2.29. The minimum Gasteiger partial charge on any atom is -0.338 e. The molecule has 0 unspecified atom stereocenters. The van der Waals surface area contributed by atoms with Gasteiger partial charge in [0.1, 0.15) is 10.5 Å². The molecule has 0 saturated heterocycles. The van der Waals surface area contributed by atoms with Crippen molar-refractivity contribution in [1.82, 2.24) is 9.97 Å². The molecule has 1 heterocycles. The zero-order valence-corrected chi connectivity index (χ0v) is 13.8. The third-order valence-electron chi connectivity index (χ3n) is 3.25. The van der Waals surface area contributed by atoms with Crippen molar-refractivity contribution in [3.05, 3.63) is 69.3 Å². The van der Waals surface area contributed by atoms with E-state index in [-0.39, 0.29) is 0 Å². The maximum Gasteiger partial charge on any atom is 0.144 e. The van der Waals surface area contributed by atoms with Crippen molar-refractivity contribution >= 4 is 28.1 Å². The molecule has 2 nitrogen and oxygen atoms in total. The lowest BCUT2D eigenvalue weighted by Gasteiger charge is -2.09. The number of benzene rings is 2. The second kappa shape index (κ2) is 5.92. The van der Waals surface area contributed by atoms with E-state index in [2.05, 4.69) is 45.0 Å². The molecule has 3 rings (SSSR count). The number of aromatic amines is 1. The molecular weight excluding hydrogens is 344 g/mol. The van der Waals surface area contributed by atoms with Crippen molar-refractivity contribution in [2.24, 2.45) is 0 Å². The van der Waals surface area contributed by atoms with Crippen molar-refractivity contribution < 1.29 is 0 Å². The van der Waals surface area contributed by atoms with E-state index in [9.17, 15) is 0 Å². The summed E-state index contributed by atoms with van der Waals surface area (Å²) in [6, 6.07) is 18.3. The van der Waals surface area contributed by atoms with Gasteiger partial charge in [0.15, 0.2) is 0 Å². The van der Waals surface area contributed by atoms with Gasteiger partial charge in [0.25, 0.3) is 0 Å². The number of hydrogen-bond acceptors (Lipinski definition) is 2. The van der Waals surface area contributed by atoms with Gasteiger partial charge in [-0.05, 0) is 28.4 Å². The normalized spacial score (nSPS) is 10.6. The van der Waals surface area contributed by atoms with Gasteiger partial charge in [-0.25, -0.2) is 4.98 Å². The molecule has 1 aromatic heterocycles. The Hall–Kier alpha value is -1.78. The lowest BCUT2D eigenvalue weighted by molar-refractivity contribution is 1.15. The molecule has 0 amide bonds. The first-order valence-electron chi connectivity index (χ1n) is 6.57. The van der Waals surface area contributed by atoms with Crippen LogP contribution in [0.1, 0.15) is 5.56 Å². The van der Waals surface area contributed by atoms with Crippen LogP contribution in [0.2, 0.25) is 0 Å². The molecule has 0 aliphatic carbocycles. The molecule has 0 aliphatic rings. The standard InChI is InChI=1S/C17H13BrN2S/c1-11-7-9-13(10-8-11)16-19-15(14(18)17(21)20-16)12-5-3-2-4-6-12/h2-10H,1H3,(H,19,20,21). The average molecular weight is 357 g/mol. The Bertz CT molecular complexity index is 824. The molecule has 0 radical (unpaired) electrons. The third kappa shape index (κ3) is 2.96. The Labute approximate surface area is 137 Å². The maximum atomic E-state index is 5.38. The monoisotopic (exact) mass is 356 g/mol. The van der Waals surface area contributed by atoms with Crippen LogP contribution in [0, 0.1) is 11.6 Å². The van der Waals surface area contributed by atoms with Crippen LogP contribution < -0.4 is 0 Å². The van der Waals surface area contributed by atoms with Gasteiger partial charge in [-0.1, -0.05) is 72.4 Å². The number of halogens is 1. The predicted molar refractivity (Wildman–Crippen MR) is 92.7 cm³/mol. The molecule has 0 bridgehead atoms. The van der Waals surface area contributed by atoms with Crippen LogP contribution in [0.25, 0.3) is 22.6 Å².